The number of benzene rings is 1. The zero-order chi connectivity index (χ0) is 19.7. The number of amides is 1. The molecule has 146 valence electrons. The molecule has 2 aromatic rings. The van der Waals surface area contributed by atoms with Crippen LogP contribution >= 0.6 is 0 Å². The zero-order valence-electron chi connectivity index (χ0n) is 15.3. The van der Waals surface area contributed by atoms with Crippen LogP contribution in [0.4, 0.5) is 15.9 Å². The van der Waals surface area contributed by atoms with Crippen LogP contribution < -0.4 is 10.6 Å². The Bertz CT molecular complexity index is 910. The highest BCUT2D eigenvalue weighted by atomic mass is 19.1. The lowest BCUT2D eigenvalue weighted by atomic mass is 9.68. The molecule has 7 heteroatoms. The van der Waals surface area contributed by atoms with Crippen LogP contribution in [0.1, 0.15) is 52.8 Å². The maximum atomic E-state index is 13.3. The van der Waals surface area contributed by atoms with E-state index in [2.05, 4.69) is 15.6 Å². The minimum absolute atomic E-state index is 0.0241. The number of fused-ring (bicyclic) bond motifs is 3. The third kappa shape index (κ3) is 3.83. The number of anilines is 2. The average Bonchev–Trinajstić information content (AvgIpc) is 2.70. The SMILES string of the molecule is O=C(NC1CC2CCC1CC2)c1cccc(Nc2ncc(F)cc2C(=O)O)c1. The highest BCUT2D eigenvalue weighted by Crippen LogP contribution is 2.41. The minimum Gasteiger partial charge on any atom is -0.478 e. The summed E-state index contributed by atoms with van der Waals surface area (Å²) in [6.45, 7) is 0. The van der Waals surface area contributed by atoms with Crippen molar-refractivity contribution in [1.29, 1.82) is 0 Å². The first-order valence-corrected chi connectivity index (χ1v) is 9.56. The highest BCUT2D eigenvalue weighted by molar-refractivity contribution is 5.96. The van der Waals surface area contributed by atoms with E-state index in [9.17, 15) is 19.1 Å². The van der Waals surface area contributed by atoms with Gasteiger partial charge in [0, 0.05) is 17.3 Å². The molecular weight excluding hydrogens is 361 g/mol. The minimum atomic E-state index is -1.28. The Morgan fingerprint density at radius 1 is 1.14 bits per heavy atom. The number of carboxylic acids is 1. The lowest BCUT2D eigenvalue weighted by molar-refractivity contribution is 0.0696. The van der Waals surface area contributed by atoms with Crippen molar-refractivity contribution in [2.24, 2.45) is 11.8 Å². The molecule has 1 atom stereocenters. The van der Waals surface area contributed by atoms with E-state index >= 15 is 0 Å². The second kappa shape index (κ2) is 7.58. The van der Waals surface area contributed by atoms with Gasteiger partial charge < -0.3 is 15.7 Å². The largest absolute Gasteiger partial charge is 0.478 e. The van der Waals surface area contributed by atoms with Gasteiger partial charge in [0.25, 0.3) is 5.91 Å². The molecule has 2 bridgehead atoms. The molecule has 28 heavy (non-hydrogen) atoms. The number of carboxylic acid groups (broad SMARTS) is 1. The number of nitrogens with zero attached hydrogens (tertiary/aromatic N) is 1. The summed E-state index contributed by atoms with van der Waals surface area (Å²) in [6, 6.07) is 7.93. The molecule has 1 aromatic carbocycles. The fraction of sp³-hybridized carbons (Fsp3) is 0.381. The molecule has 5 rings (SSSR count). The Hall–Kier alpha value is -2.96. The van der Waals surface area contributed by atoms with Crippen molar-refractivity contribution in [1.82, 2.24) is 10.3 Å². The van der Waals surface area contributed by atoms with Gasteiger partial charge >= 0.3 is 5.97 Å². The predicted octanol–water partition coefficient (Wildman–Crippen LogP) is 3.97. The quantitative estimate of drug-likeness (QED) is 0.727. The van der Waals surface area contributed by atoms with Crippen LogP contribution in [0, 0.1) is 17.7 Å². The van der Waals surface area contributed by atoms with E-state index in [0.29, 0.717) is 17.2 Å². The van der Waals surface area contributed by atoms with Crippen LogP contribution in [0.2, 0.25) is 0 Å². The van der Waals surface area contributed by atoms with Crippen molar-refractivity contribution >= 4 is 23.4 Å². The second-order valence-electron chi connectivity index (χ2n) is 7.66. The zero-order valence-corrected chi connectivity index (χ0v) is 15.3. The first kappa shape index (κ1) is 18.4. The normalized spacial score (nSPS) is 23.2. The van der Waals surface area contributed by atoms with E-state index < -0.39 is 11.8 Å². The van der Waals surface area contributed by atoms with E-state index in [-0.39, 0.29) is 23.3 Å². The Balaban J connectivity index is 1.49. The van der Waals surface area contributed by atoms with Gasteiger partial charge in [0.05, 0.1) is 6.20 Å². The van der Waals surface area contributed by atoms with Gasteiger partial charge in [0.2, 0.25) is 0 Å². The molecule has 3 aliphatic rings. The van der Waals surface area contributed by atoms with Crippen molar-refractivity contribution in [2.75, 3.05) is 5.32 Å². The average molecular weight is 383 g/mol. The summed E-state index contributed by atoms with van der Waals surface area (Å²) in [4.78, 5) is 27.8. The molecule has 3 aliphatic carbocycles. The molecule has 1 heterocycles. The number of hydrogen-bond acceptors (Lipinski definition) is 4. The number of aromatic nitrogens is 1. The van der Waals surface area contributed by atoms with E-state index in [1.54, 1.807) is 24.3 Å². The number of rotatable bonds is 5. The molecule has 3 fully saturated rings. The Morgan fingerprint density at radius 2 is 1.93 bits per heavy atom. The fourth-order valence-electron chi connectivity index (χ4n) is 4.38. The van der Waals surface area contributed by atoms with Gasteiger partial charge in [-0.2, -0.15) is 0 Å². The topological polar surface area (TPSA) is 91.3 Å². The Labute approximate surface area is 162 Å². The lowest BCUT2D eigenvalue weighted by Gasteiger charge is -2.42. The van der Waals surface area contributed by atoms with Crippen LogP contribution in [-0.4, -0.2) is 28.0 Å². The second-order valence-corrected chi connectivity index (χ2v) is 7.66. The molecule has 3 saturated carbocycles. The van der Waals surface area contributed by atoms with Crippen LogP contribution in [-0.2, 0) is 0 Å². The van der Waals surface area contributed by atoms with Crippen LogP contribution in [0.25, 0.3) is 0 Å². The molecule has 0 spiro atoms. The summed E-state index contributed by atoms with van der Waals surface area (Å²) in [7, 11) is 0. The molecule has 0 aliphatic heterocycles. The fourth-order valence-corrected chi connectivity index (χ4v) is 4.38. The third-order valence-electron chi connectivity index (χ3n) is 5.84. The number of carbonyl (C=O) groups is 2. The summed E-state index contributed by atoms with van der Waals surface area (Å²) < 4.78 is 13.3. The van der Waals surface area contributed by atoms with Crippen molar-refractivity contribution in [3.05, 3.63) is 53.5 Å². The Kier molecular flexibility index (Phi) is 4.98. The first-order valence-electron chi connectivity index (χ1n) is 9.56. The van der Waals surface area contributed by atoms with Gasteiger partial charge in [0.15, 0.2) is 0 Å². The van der Waals surface area contributed by atoms with E-state index in [1.807, 2.05) is 0 Å². The van der Waals surface area contributed by atoms with Crippen LogP contribution in [0.15, 0.2) is 36.5 Å². The third-order valence-corrected chi connectivity index (χ3v) is 5.84. The van der Waals surface area contributed by atoms with Crippen molar-refractivity contribution < 1.29 is 19.1 Å². The summed E-state index contributed by atoms with van der Waals surface area (Å²) in [6.07, 6.45) is 6.91. The molecule has 1 unspecified atom stereocenters. The maximum Gasteiger partial charge on any atom is 0.339 e. The summed E-state index contributed by atoms with van der Waals surface area (Å²) >= 11 is 0. The van der Waals surface area contributed by atoms with Gasteiger partial charge in [0.1, 0.15) is 17.2 Å². The molecule has 6 nitrogen and oxygen atoms in total. The van der Waals surface area contributed by atoms with Crippen LogP contribution in [0.3, 0.4) is 0 Å². The summed E-state index contributed by atoms with van der Waals surface area (Å²) in [5.41, 5.74) is 0.734. The molecule has 1 aromatic heterocycles. The number of pyridine rings is 1. The van der Waals surface area contributed by atoms with E-state index in [0.717, 1.165) is 24.6 Å². The molecule has 1 amide bonds. The van der Waals surface area contributed by atoms with Gasteiger partial charge in [-0.05, 0) is 55.4 Å². The maximum absolute atomic E-state index is 13.3. The van der Waals surface area contributed by atoms with Crippen molar-refractivity contribution in [2.45, 2.75) is 38.1 Å². The lowest BCUT2D eigenvalue weighted by Crippen LogP contribution is -2.47. The number of hydrogen-bond donors (Lipinski definition) is 3. The van der Waals surface area contributed by atoms with Gasteiger partial charge in [-0.3, -0.25) is 4.79 Å². The molecule has 0 radical (unpaired) electrons. The van der Waals surface area contributed by atoms with Crippen molar-refractivity contribution in [3.8, 4) is 0 Å². The van der Waals surface area contributed by atoms with Gasteiger partial charge in [-0.1, -0.05) is 18.9 Å². The molecule has 0 saturated heterocycles. The number of halogens is 1. The number of aromatic carboxylic acids is 1. The predicted molar refractivity (Wildman–Crippen MR) is 102 cm³/mol. The molecular formula is C21H22FN3O3. The smallest absolute Gasteiger partial charge is 0.339 e. The first-order chi connectivity index (χ1) is 13.5. The summed E-state index contributed by atoms with van der Waals surface area (Å²) in [5, 5.41) is 15.3. The number of carbonyl (C=O) groups excluding carboxylic acids is 1. The molecule has 3 N–H and O–H groups in total. The Morgan fingerprint density at radius 3 is 2.61 bits per heavy atom. The van der Waals surface area contributed by atoms with Gasteiger partial charge in [-0.25, -0.2) is 14.2 Å². The van der Waals surface area contributed by atoms with Crippen molar-refractivity contribution in [3.63, 3.8) is 0 Å². The standard InChI is InChI=1S/C21H22FN3O3/c22-15-10-17(21(27)28)19(23-11-15)24-16-3-1-2-14(9-16)20(26)25-18-8-12-4-6-13(18)7-5-12/h1-3,9-13,18H,4-8H2,(H,23,24)(H,25,26)(H,27,28). The number of nitrogens with one attached hydrogen (secondary N) is 2. The van der Waals surface area contributed by atoms with E-state index in [1.165, 1.54) is 25.7 Å². The van der Waals surface area contributed by atoms with Gasteiger partial charge in [-0.15, -0.1) is 0 Å². The highest BCUT2D eigenvalue weighted by Gasteiger charge is 2.36. The van der Waals surface area contributed by atoms with Crippen LogP contribution in [0.5, 0.6) is 0 Å². The monoisotopic (exact) mass is 383 g/mol. The van der Waals surface area contributed by atoms with E-state index in [4.69, 9.17) is 0 Å². The summed E-state index contributed by atoms with van der Waals surface area (Å²) in [5.74, 6) is -0.824.